The fourth-order valence-corrected chi connectivity index (χ4v) is 3.65. The summed E-state index contributed by atoms with van der Waals surface area (Å²) in [6.07, 6.45) is 4.27. The van der Waals surface area contributed by atoms with Crippen LogP contribution in [-0.4, -0.2) is 18.3 Å². The highest BCUT2D eigenvalue weighted by Crippen LogP contribution is 2.39. The first kappa shape index (κ1) is 17.3. The molecule has 25 heavy (non-hydrogen) atoms. The number of hydrogen-bond acceptors (Lipinski definition) is 3. The van der Waals surface area contributed by atoms with E-state index in [1.54, 1.807) is 0 Å². The molecular weight excluding hydrogens is 306 g/mol. The molecule has 0 unspecified atom stereocenters. The largest absolute Gasteiger partial charge is 0.363 e. The van der Waals surface area contributed by atoms with Gasteiger partial charge in [0.25, 0.3) is 0 Å². The van der Waals surface area contributed by atoms with E-state index in [1.807, 2.05) is 36.5 Å². The van der Waals surface area contributed by atoms with Gasteiger partial charge < -0.3 is 4.90 Å². The number of para-hydroxylation sites is 1. The van der Waals surface area contributed by atoms with Crippen molar-refractivity contribution in [1.82, 2.24) is 0 Å². The molecule has 1 heterocycles. The molecule has 0 spiro atoms. The number of hydrazone groups is 1. The number of likely N-dealkylation sites (N-methyl/N-ethyl adjacent to an activating group) is 1. The highest BCUT2D eigenvalue weighted by Gasteiger charge is 2.30. The van der Waals surface area contributed by atoms with Crippen molar-refractivity contribution >= 4 is 23.2 Å². The predicted molar refractivity (Wildman–Crippen MR) is 110 cm³/mol. The Kier molecular flexibility index (Phi) is 4.67. The van der Waals surface area contributed by atoms with E-state index in [4.69, 9.17) is 0 Å². The van der Waals surface area contributed by atoms with Crippen LogP contribution in [0.15, 0.2) is 53.6 Å². The second-order valence-electron chi connectivity index (χ2n) is 7.19. The van der Waals surface area contributed by atoms with Gasteiger partial charge in [0.05, 0.1) is 17.4 Å². The van der Waals surface area contributed by atoms with Crippen molar-refractivity contribution in [2.24, 2.45) is 5.10 Å². The summed E-state index contributed by atoms with van der Waals surface area (Å²) in [5.41, 5.74) is 10.5. The first-order valence-electron chi connectivity index (χ1n) is 8.88. The van der Waals surface area contributed by atoms with Crippen molar-refractivity contribution < 1.29 is 0 Å². The number of nitrogens with zero attached hydrogens (tertiary/aromatic N) is 2. The second kappa shape index (κ2) is 6.75. The minimum Gasteiger partial charge on any atom is -0.363 e. The lowest BCUT2D eigenvalue weighted by molar-refractivity contribution is 0.566. The number of anilines is 2. The van der Waals surface area contributed by atoms with Crippen molar-refractivity contribution in [3.63, 3.8) is 0 Å². The first-order chi connectivity index (χ1) is 11.9. The number of rotatable bonds is 4. The first-order valence-corrected chi connectivity index (χ1v) is 8.88. The van der Waals surface area contributed by atoms with E-state index in [0.717, 1.165) is 17.8 Å². The van der Waals surface area contributed by atoms with Crippen molar-refractivity contribution in [2.45, 2.75) is 40.2 Å². The molecule has 3 rings (SSSR count). The maximum absolute atomic E-state index is 4.41. The zero-order valence-electron chi connectivity index (χ0n) is 15.8. The molecule has 0 radical (unpaired) electrons. The van der Waals surface area contributed by atoms with Crippen LogP contribution in [0.25, 0.3) is 5.57 Å². The Labute approximate surface area is 151 Å². The Morgan fingerprint density at radius 1 is 1.12 bits per heavy atom. The average molecular weight is 333 g/mol. The van der Waals surface area contributed by atoms with Gasteiger partial charge in [0.1, 0.15) is 0 Å². The molecule has 0 fully saturated rings. The Morgan fingerprint density at radius 2 is 1.84 bits per heavy atom. The molecule has 1 aliphatic rings. The van der Waals surface area contributed by atoms with Gasteiger partial charge in [-0.3, -0.25) is 5.43 Å². The summed E-state index contributed by atoms with van der Waals surface area (Å²) in [6.45, 7) is 12.1. The maximum atomic E-state index is 4.41. The number of fused-ring (bicyclic) bond motifs is 1. The van der Waals surface area contributed by atoms with E-state index in [2.05, 4.69) is 68.3 Å². The third kappa shape index (κ3) is 3.46. The monoisotopic (exact) mass is 333 g/mol. The van der Waals surface area contributed by atoms with Gasteiger partial charge in [-0.05, 0) is 75.6 Å². The van der Waals surface area contributed by atoms with Crippen LogP contribution in [0.1, 0.15) is 44.4 Å². The topological polar surface area (TPSA) is 27.6 Å². The standard InChI is InChI=1S/C22H27N3/c1-6-25-21-12-16(2)18(13-20(21)17(3)14-22(25,4)5)15-23-24-19-10-8-7-9-11-19/h7-15,24H,6H2,1-5H3/b23-15+. The molecular formula is C22H27N3. The summed E-state index contributed by atoms with van der Waals surface area (Å²) >= 11 is 0. The van der Waals surface area contributed by atoms with Crippen LogP contribution in [-0.2, 0) is 0 Å². The minimum atomic E-state index is 0.0444. The van der Waals surface area contributed by atoms with Crippen molar-refractivity contribution in [2.75, 3.05) is 16.9 Å². The summed E-state index contributed by atoms with van der Waals surface area (Å²) in [7, 11) is 0. The Bertz CT molecular complexity index is 817. The molecule has 0 saturated heterocycles. The molecule has 0 bridgehead atoms. The minimum absolute atomic E-state index is 0.0444. The van der Waals surface area contributed by atoms with E-state index >= 15 is 0 Å². The predicted octanol–water partition coefficient (Wildman–Crippen LogP) is 5.46. The summed E-state index contributed by atoms with van der Waals surface area (Å²) in [5, 5.41) is 4.41. The van der Waals surface area contributed by atoms with Crippen LogP contribution in [0.5, 0.6) is 0 Å². The van der Waals surface area contributed by atoms with Gasteiger partial charge in [-0.2, -0.15) is 5.10 Å². The molecule has 2 aromatic rings. The van der Waals surface area contributed by atoms with Crippen LogP contribution in [0.4, 0.5) is 11.4 Å². The molecule has 1 aliphatic heterocycles. The zero-order chi connectivity index (χ0) is 18.0. The lowest BCUT2D eigenvalue weighted by Crippen LogP contribution is -2.45. The molecule has 0 aromatic heterocycles. The lowest BCUT2D eigenvalue weighted by atomic mass is 9.87. The van der Waals surface area contributed by atoms with Gasteiger partial charge in [-0.15, -0.1) is 0 Å². The van der Waals surface area contributed by atoms with Gasteiger partial charge in [0.2, 0.25) is 0 Å². The van der Waals surface area contributed by atoms with E-state index in [0.29, 0.717) is 0 Å². The number of nitrogens with one attached hydrogen (secondary N) is 1. The number of allylic oxidation sites excluding steroid dienone is 1. The molecule has 3 nitrogen and oxygen atoms in total. The normalized spacial score (nSPS) is 15.9. The summed E-state index contributed by atoms with van der Waals surface area (Å²) in [6, 6.07) is 14.6. The van der Waals surface area contributed by atoms with E-state index in [9.17, 15) is 0 Å². The molecule has 2 aromatic carbocycles. The molecule has 130 valence electrons. The van der Waals surface area contributed by atoms with Crippen LogP contribution < -0.4 is 10.3 Å². The third-order valence-corrected chi connectivity index (χ3v) is 4.85. The van der Waals surface area contributed by atoms with E-state index in [-0.39, 0.29) is 5.54 Å². The van der Waals surface area contributed by atoms with Gasteiger partial charge >= 0.3 is 0 Å². The maximum Gasteiger partial charge on any atom is 0.0561 e. The molecule has 1 N–H and O–H groups in total. The summed E-state index contributed by atoms with van der Waals surface area (Å²) < 4.78 is 0. The molecule has 0 atom stereocenters. The molecule has 0 saturated carbocycles. The summed E-state index contributed by atoms with van der Waals surface area (Å²) in [4.78, 5) is 2.46. The van der Waals surface area contributed by atoms with Crippen LogP contribution in [0.3, 0.4) is 0 Å². The Morgan fingerprint density at radius 3 is 2.52 bits per heavy atom. The van der Waals surface area contributed by atoms with Gasteiger partial charge in [-0.25, -0.2) is 0 Å². The quantitative estimate of drug-likeness (QED) is 0.594. The average Bonchev–Trinajstić information content (AvgIpc) is 2.56. The summed E-state index contributed by atoms with van der Waals surface area (Å²) in [5.74, 6) is 0. The number of aryl methyl sites for hydroxylation is 1. The SMILES string of the molecule is CCN1c2cc(C)c(/C=N/Nc3ccccc3)cc2C(C)=CC1(C)C. The van der Waals surface area contributed by atoms with Crippen molar-refractivity contribution in [1.29, 1.82) is 0 Å². The molecule has 0 aliphatic carbocycles. The van der Waals surface area contributed by atoms with Crippen molar-refractivity contribution in [3.05, 3.63) is 65.2 Å². The smallest absolute Gasteiger partial charge is 0.0561 e. The van der Waals surface area contributed by atoms with Gasteiger partial charge in [0, 0.05) is 17.8 Å². The fourth-order valence-electron chi connectivity index (χ4n) is 3.65. The fraction of sp³-hybridized carbons (Fsp3) is 0.318. The highest BCUT2D eigenvalue weighted by molar-refractivity contribution is 5.89. The Balaban J connectivity index is 1.93. The molecule has 3 heteroatoms. The lowest BCUT2D eigenvalue weighted by Gasteiger charge is -2.43. The van der Waals surface area contributed by atoms with Gasteiger partial charge in [0.15, 0.2) is 0 Å². The second-order valence-corrected chi connectivity index (χ2v) is 7.19. The molecule has 0 amide bonds. The third-order valence-electron chi connectivity index (χ3n) is 4.85. The van der Waals surface area contributed by atoms with E-state index in [1.165, 1.54) is 22.4 Å². The van der Waals surface area contributed by atoms with E-state index < -0.39 is 0 Å². The highest BCUT2D eigenvalue weighted by atomic mass is 15.3. The van der Waals surface area contributed by atoms with Crippen LogP contribution >= 0.6 is 0 Å². The number of hydrogen-bond donors (Lipinski definition) is 1. The zero-order valence-corrected chi connectivity index (χ0v) is 15.8. The Hall–Kier alpha value is -2.55. The van der Waals surface area contributed by atoms with Crippen LogP contribution in [0, 0.1) is 6.92 Å². The number of benzene rings is 2. The van der Waals surface area contributed by atoms with Crippen molar-refractivity contribution in [3.8, 4) is 0 Å². The van der Waals surface area contributed by atoms with Crippen LogP contribution in [0.2, 0.25) is 0 Å². The van der Waals surface area contributed by atoms with Gasteiger partial charge in [-0.1, -0.05) is 24.3 Å².